The molecular formula is C31H31HfP. The maximum atomic E-state index is 2.56. The summed E-state index contributed by atoms with van der Waals surface area (Å²) in [4.78, 5) is 0. The molecular weight excluding hydrogens is 582 g/mol. The molecule has 5 rings (SSSR count). The molecule has 3 aromatic carbocycles. The third kappa shape index (κ3) is 4.02. The minimum atomic E-state index is -1.24. The number of hydrogen-bond donors (Lipinski definition) is 0. The van der Waals surface area contributed by atoms with Gasteiger partial charge in [-0.1, -0.05) is 0 Å². The van der Waals surface area contributed by atoms with Crippen molar-refractivity contribution in [3.63, 3.8) is 0 Å². The van der Waals surface area contributed by atoms with Gasteiger partial charge in [-0.2, -0.15) is 0 Å². The topological polar surface area (TPSA) is 0 Å². The van der Waals surface area contributed by atoms with Crippen molar-refractivity contribution in [2.75, 3.05) is 0 Å². The summed E-state index contributed by atoms with van der Waals surface area (Å²) in [6, 6.07) is 31.7. The molecule has 0 N–H and O–H groups in total. The minimum absolute atomic E-state index is 0.210. The standard InChI is InChI=1S/C21H16P.C10H15.Hf/c1-3-11-19(12-4-1)22(20-13-5-2-6-14-20)21-15-17-9-7-8-10-18(17)16-21;1-7-6-10(4,5)9(3)8(7)2;/h1-16H;1-5H3;. The predicted octanol–water partition coefficient (Wildman–Crippen LogP) is 7.95. The van der Waals surface area contributed by atoms with Crippen molar-refractivity contribution in [3.8, 4) is 0 Å². The van der Waals surface area contributed by atoms with E-state index in [1.165, 1.54) is 21.7 Å². The third-order valence-electron chi connectivity index (χ3n) is 7.54. The van der Waals surface area contributed by atoms with Crippen LogP contribution >= 0.6 is 7.92 Å². The second-order valence-corrected chi connectivity index (χ2v) is 16.8. The molecule has 3 aromatic rings. The molecule has 0 heterocycles. The van der Waals surface area contributed by atoms with Crippen molar-refractivity contribution >= 4 is 24.6 Å². The zero-order chi connectivity index (χ0) is 23.2. The quantitative estimate of drug-likeness (QED) is 0.203. The molecule has 0 spiro atoms. The Morgan fingerprint density at radius 2 is 1.24 bits per heavy atom. The molecule has 33 heavy (non-hydrogen) atoms. The van der Waals surface area contributed by atoms with Gasteiger partial charge in [0.15, 0.2) is 0 Å². The van der Waals surface area contributed by atoms with Crippen molar-refractivity contribution in [1.29, 1.82) is 0 Å². The van der Waals surface area contributed by atoms with Gasteiger partial charge in [0, 0.05) is 0 Å². The van der Waals surface area contributed by atoms with E-state index < -0.39 is 30.8 Å². The van der Waals surface area contributed by atoms with Gasteiger partial charge >= 0.3 is 213 Å². The maximum absolute atomic E-state index is 2.56. The van der Waals surface area contributed by atoms with E-state index in [4.69, 9.17) is 0 Å². The zero-order valence-corrected chi connectivity index (χ0v) is 24.7. The van der Waals surface area contributed by atoms with Crippen LogP contribution in [0, 0.1) is 5.41 Å². The Morgan fingerprint density at radius 1 is 0.697 bits per heavy atom. The van der Waals surface area contributed by atoms with Crippen LogP contribution < -0.4 is 10.6 Å². The Kier molecular flexibility index (Phi) is 6.32. The van der Waals surface area contributed by atoms with Gasteiger partial charge in [0.05, 0.1) is 0 Å². The van der Waals surface area contributed by atoms with E-state index in [9.17, 15) is 0 Å². The van der Waals surface area contributed by atoms with Crippen LogP contribution in [0.1, 0.15) is 49.4 Å². The average Bonchev–Trinajstić information content (AvgIpc) is 3.26. The van der Waals surface area contributed by atoms with Gasteiger partial charge in [0.1, 0.15) is 0 Å². The van der Waals surface area contributed by atoms with Gasteiger partial charge in [-0.05, 0) is 0 Å². The van der Waals surface area contributed by atoms with Crippen LogP contribution in [0.4, 0.5) is 0 Å². The van der Waals surface area contributed by atoms with E-state index in [1.807, 2.05) is 0 Å². The number of rotatable bonds is 5. The molecule has 0 saturated carbocycles. The van der Waals surface area contributed by atoms with E-state index >= 15 is 0 Å². The van der Waals surface area contributed by atoms with E-state index in [1.54, 1.807) is 25.4 Å². The summed E-state index contributed by atoms with van der Waals surface area (Å²) in [7, 11) is -0.552. The van der Waals surface area contributed by atoms with Crippen molar-refractivity contribution in [2.24, 2.45) is 5.41 Å². The fourth-order valence-corrected chi connectivity index (χ4v) is 16.5. The second kappa shape index (κ2) is 9.09. The molecule has 0 radical (unpaired) electrons. The van der Waals surface area contributed by atoms with Crippen LogP contribution in [-0.4, -0.2) is 0 Å². The first kappa shape index (κ1) is 22.9. The van der Waals surface area contributed by atoms with Crippen molar-refractivity contribution in [1.82, 2.24) is 0 Å². The van der Waals surface area contributed by atoms with E-state index in [0.717, 1.165) is 0 Å². The molecule has 2 aliphatic carbocycles. The fourth-order valence-electron chi connectivity index (χ4n) is 5.28. The normalized spacial score (nSPS) is 19.2. The van der Waals surface area contributed by atoms with E-state index in [0.29, 0.717) is 3.67 Å². The van der Waals surface area contributed by atoms with Crippen LogP contribution in [0.3, 0.4) is 0 Å². The summed E-state index contributed by atoms with van der Waals surface area (Å²) in [6.07, 6.45) is 2.56. The Balaban J connectivity index is 1.65. The number of hydrogen-bond acceptors (Lipinski definition) is 0. The van der Waals surface area contributed by atoms with E-state index in [-0.39, 0.29) is 5.41 Å². The molecule has 0 aromatic heterocycles. The SMILES string of the molecule is CC1=C(C)C(C)(C)[C]([Hf][CH]2C(P(c3ccccc3)c3ccccc3)=Cc3ccccc32)=C1C. The van der Waals surface area contributed by atoms with Gasteiger partial charge in [0.25, 0.3) is 0 Å². The number of benzene rings is 3. The van der Waals surface area contributed by atoms with Gasteiger partial charge in [-0.25, -0.2) is 0 Å². The molecule has 2 heteroatoms. The van der Waals surface area contributed by atoms with Crippen molar-refractivity contribution in [3.05, 3.63) is 121 Å². The van der Waals surface area contributed by atoms with Crippen molar-refractivity contribution in [2.45, 2.75) is 38.3 Å². The van der Waals surface area contributed by atoms with Crippen LogP contribution in [0.2, 0.25) is 0 Å². The van der Waals surface area contributed by atoms with E-state index in [2.05, 4.69) is 126 Å². The average molecular weight is 613 g/mol. The summed E-state index contributed by atoms with van der Waals surface area (Å²) in [5.74, 6) is 0. The Labute approximate surface area is 211 Å². The monoisotopic (exact) mass is 614 g/mol. The zero-order valence-electron chi connectivity index (χ0n) is 20.2. The Bertz CT molecular complexity index is 1240. The molecule has 0 amide bonds. The first-order chi connectivity index (χ1) is 15.9. The van der Waals surface area contributed by atoms with Gasteiger partial charge < -0.3 is 0 Å². The molecule has 0 fully saturated rings. The third-order valence-corrected chi connectivity index (χ3v) is 18.9. The van der Waals surface area contributed by atoms with Crippen LogP contribution in [-0.2, 0) is 22.9 Å². The first-order valence-electron chi connectivity index (χ1n) is 11.8. The molecule has 2 aliphatic rings. The Morgan fingerprint density at radius 3 is 1.79 bits per heavy atom. The molecule has 0 aliphatic heterocycles. The molecule has 164 valence electrons. The summed E-state index contributed by atoms with van der Waals surface area (Å²) < 4.78 is 2.41. The molecule has 0 saturated heterocycles. The fraction of sp³-hybridized carbons (Fsp3) is 0.226. The Hall–Kier alpha value is -1.82. The summed E-state index contributed by atoms with van der Waals surface area (Å²) in [6.45, 7) is 12.0. The van der Waals surface area contributed by atoms with Crippen molar-refractivity contribution < 1.29 is 22.9 Å². The molecule has 0 nitrogen and oxygen atoms in total. The van der Waals surface area contributed by atoms with Crippen LogP contribution in [0.5, 0.6) is 0 Å². The molecule has 1 atom stereocenters. The number of allylic oxidation sites excluding steroid dienone is 5. The van der Waals surface area contributed by atoms with Crippen LogP contribution in [0.15, 0.2) is 110 Å². The summed E-state index contributed by atoms with van der Waals surface area (Å²) in [5.41, 5.74) is 7.93. The van der Waals surface area contributed by atoms with Crippen LogP contribution in [0.25, 0.3) is 6.08 Å². The molecule has 1 unspecified atom stereocenters. The first-order valence-corrected chi connectivity index (χ1v) is 17.0. The molecule has 0 bridgehead atoms. The summed E-state index contributed by atoms with van der Waals surface area (Å²) >= 11 is -1.24. The second-order valence-electron chi connectivity index (χ2n) is 9.66. The van der Waals surface area contributed by atoms with Gasteiger partial charge in [-0.3, -0.25) is 0 Å². The van der Waals surface area contributed by atoms with Gasteiger partial charge in [-0.15, -0.1) is 0 Å². The summed E-state index contributed by atoms with van der Waals surface area (Å²) in [5, 5.41) is 4.60. The number of fused-ring (bicyclic) bond motifs is 1. The van der Waals surface area contributed by atoms with Gasteiger partial charge in [0.2, 0.25) is 0 Å². The predicted molar refractivity (Wildman–Crippen MR) is 141 cm³/mol.